The largest absolute Gasteiger partial charge is 0.507 e. The third-order valence-corrected chi connectivity index (χ3v) is 7.88. The van der Waals surface area contributed by atoms with Gasteiger partial charge in [-0.05, 0) is 67.3 Å². The maximum absolute atomic E-state index is 13.0. The zero-order chi connectivity index (χ0) is 20.6. The smallest absolute Gasteiger partial charge is 0.247 e. The number of nitrogens with zero attached hydrogens (tertiary/aromatic N) is 2. The molecule has 29 heavy (non-hydrogen) atoms. The molecule has 2 aliphatic rings. The SMILES string of the molecule is CCN1CCC(Nc2ccc3c(c2)CN(S(=O)(=O)c2ccc(C)cc2O)C3)CC1. The summed E-state index contributed by atoms with van der Waals surface area (Å²) < 4.78 is 27.5. The summed E-state index contributed by atoms with van der Waals surface area (Å²) >= 11 is 0. The molecule has 0 saturated carbocycles. The Labute approximate surface area is 173 Å². The molecule has 2 aromatic rings. The minimum absolute atomic E-state index is 0.0306. The van der Waals surface area contributed by atoms with E-state index in [2.05, 4.69) is 23.2 Å². The van der Waals surface area contributed by atoms with E-state index in [1.807, 2.05) is 19.1 Å². The van der Waals surface area contributed by atoms with E-state index in [0.717, 1.165) is 54.9 Å². The first-order valence-electron chi connectivity index (χ1n) is 10.3. The van der Waals surface area contributed by atoms with Gasteiger partial charge in [0.2, 0.25) is 10.0 Å². The number of phenolic OH excluding ortho intramolecular Hbond substituents is 1. The highest BCUT2D eigenvalue weighted by molar-refractivity contribution is 7.89. The van der Waals surface area contributed by atoms with Gasteiger partial charge in [0.05, 0.1) is 0 Å². The molecule has 2 aromatic carbocycles. The van der Waals surface area contributed by atoms with Gasteiger partial charge < -0.3 is 15.3 Å². The number of likely N-dealkylation sites (tertiary alicyclic amines) is 1. The van der Waals surface area contributed by atoms with Crippen LogP contribution in [0.25, 0.3) is 0 Å². The molecule has 2 N–H and O–H groups in total. The summed E-state index contributed by atoms with van der Waals surface area (Å²) in [7, 11) is -3.75. The molecule has 0 radical (unpaired) electrons. The Kier molecular flexibility index (Phi) is 5.55. The molecular weight excluding hydrogens is 386 g/mol. The van der Waals surface area contributed by atoms with Gasteiger partial charge in [-0.3, -0.25) is 0 Å². The van der Waals surface area contributed by atoms with E-state index in [1.165, 1.54) is 16.4 Å². The molecule has 1 saturated heterocycles. The molecule has 2 aliphatic heterocycles. The van der Waals surface area contributed by atoms with Gasteiger partial charge >= 0.3 is 0 Å². The second-order valence-electron chi connectivity index (χ2n) is 8.08. The van der Waals surface area contributed by atoms with Crippen LogP contribution in [-0.2, 0) is 23.1 Å². The van der Waals surface area contributed by atoms with E-state index in [0.29, 0.717) is 19.1 Å². The molecule has 0 bridgehead atoms. The average Bonchev–Trinajstić information content (AvgIpc) is 3.12. The number of hydrogen-bond donors (Lipinski definition) is 2. The molecule has 0 unspecified atom stereocenters. The maximum atomic E-state index is 13.0. The number of benzene rings is 2. The van der Waals surface area contributed by atoms with Crippen LogP contribution in [0.3, 0.4) is 0 Å². The van der Waals surface area contributed by atoms with E-state index in [9.17, 15) is 13.5 Å². The van der Waals surface area contributed by atoms with E-state index in [-0.39, 0.29) is 10.6 Å². The molecule has 6 nitrogen and oxygen atoms in total. The van der Waals surface area contributed by atoms with Gasteiger partial charge in [-0.1, -0.05) is 19.1 Å². The van der Waals surface area contributed by atoms with Crippen molar-refractivity contribution < 1.29 is 13.5 Å². The Morgan fingerprint density at radius 1 is 1.07 bits per heavy atom. The first kappa shape index (κ1) is 20.2. The predicted molar refractivity (Wildman–Crippen MR) is 114 cm³/mol. The molecule has 0 atom stereocenters. The summed E-state index contributed by atoms with van der Waals surface area (Å²) in [4.78, 5) is 2.43. The maximum Gasteiger partial charge on any atom is 0.247 e. The van der Waals surface area contributed by atoms with Crippen molar-refractivity contribution in [2.75, 3.05) is 25.0 Å². The zero-order valence-electron chi connectivity index (χ0n) is 17.1. The van der Waals surface area contributed by atoms with Gasteiger partial charge in [-0.25, -0.2) is 8.42 Å². The van der Waals surface area contributed by atoms with Crippen LogP contribution in [0, 0.1) is 6.92 Å². The summed E-state index contributed by atoms with van der Waals surface area (Å²) in [6.45, 7) is 8.02. The Hall–Kier alpha value is -2.09. The van der Waals surface area contributed by atoms with Gasteiger partial charge in [0.15, 0.2) is 0 Å². The Bertz CT molecular complexity index is 998. The lowest BCUT2D eigenvalue weighted by atomic mass is 10.0. The highest BCUT2D eigenvalue weighted by Gasteiger charge is 2.32. The summed E-state index contributed by atoms with van der Waals surface area (Å²) in [5, 5.41) is 13.8. The topological polar surface area (TPSA) is 72.9 Å². The molecule has 4 rings (SSSR count). The number of fused-ring (bicyclic) bond motifs is 1. The number of aromatic hydroxyl groups is 1. The third kappa shape index (κ3) is 4.13. The lowest BCUT2D eigenvalue weighted by Gasteiger charge is -2.32. The Morgan fingerprint density at radius 2 is 1.79 bits per heavy atom. The number of hydrogen-bond acceptors (Lipinski definition) is 5. The summed E-state index contributed by atoms with van der Waals surface area (Å²) in [6.07, 6.45) is 2.25. The molecule has 1 fully saturated rings. The fourth-order valence-corrected chi connectivity index (χ4v) is 5.70. The van der Waals surface area contributed by atoms with Crippen LogP contribution in [0.1, 0.15) is 36.5 Å². The van der Waals surface area contributed by atoms with Crippen molar-refractivity contribution in [1.29, 1.82) is 0 Å². The van der Waals surface area contributed by atoms with E-state index < -0.39 is 10.0 Å². The fraction of sp³-hybridized carbons (Fsp3) is 0.455. The standard InChI is InChI=1S/C22H29N3O3S/c1-3-24-10-8-19(9-11-24)23-20-6-5-17-14-25(15-18(17)13-20)29(27,28)22-7-4-16(2)12-21(22)26/h4-7,12-13,19,23,26H,3,8-11,14-15H2,1-2H3. The molecule has 0 aliphatic carbocycles. The van der Waals surface area contributed by atoms with Crippen LogP contribution in [0.2, 0.25) is 0 Å². The van der Waals surface area contributed by atoms with Crippen LogP contribution in [0.4, 0.5) is 5.69 Å². The minimum atomic E-state index is -3.75. The number of aryl methyl sites for hydroxylation is 1. The highest BCUT2D eigenvalue weighted by Crippen LogP contribution is 2.34. The van der Waals surface area contributed by atoms with Gasteiger partial charge in [-0.15, -0.1) is 0 Å². The van der Waals surface area contributed by atoms with Crippen molar-refractivity contribution in [3.05, 3.63) is 53.1 Å². The molecule has 0 aromatic heterocycles. The van der Waals surface area contributed by atoms with Crippen LogP contribution in [0.15, 0.2) is 41.3 Å². The van der Waals surface area contributed by atoms with Crippen molar-refractivity contribution in [2.45, 2.75) is 50.7 Å². The third-order valence-electron chi connectivity index (χ3n) is 6.04. The summed E-state index contributed by atoms with van der Waals surface area (Å²) in [5.74, 6) is -0.193. The fourth-order valence-electron chi connectivity index (χ4n) is 4.24. The number of sulfonamides is 1. The number of rotatable bonds is 5. The van der Waals surface area contributed by atoms with Gasteiger partial charge in [0.1, 0.15) is 10.6 Å². The van der Waals surface area contributed by atoms with E-state index >= 15 is 0 Å². The van der Waals surface area contributed by atoms with Crippen molar-refractivity contribution >= 4 is 15.7 Å². The van der Waals surface area contributed by atoms with Crippen molar-refractivity contribution in [3.8, 4) is 5.75 Å². The lowest BCUT2D eigenvalue weighted by molar-refractivity contribution is 0.229. The monoisotopic (exact) mass is 415 g/mol. The van der Waals surface area contributed by atoms with Crippen LogP contribution in [-0.4, -0.2) is 48.4 Å². The average molecular weight is 416 g/mol. The van der Waals surface area contributed by atoms with Gasteiger partial charge in [-0.2, -0.15) is 4.31 Å². The van der Waals surface area contributed by atoms with E-state index in [4.69, 9.17) is 0 Å². The number of phenols is 1. The second-order valence-corrected chi connectivity index (χ2v) is 9.99. The summed E-state index contributed by atoms with van der Waals surface area (Å²) in [6, 6.07) is 11.3. The first-order chi connectivity index (χ1) is 13.9. The highest BCUT2D eigenvalue weighted by atomic mass is 32.2. The quantitative estimate of drug-likeness (QED) is 0.784. The van der Waals surface area contributed by atoms with Crippen LogP contribution >= 0.6 is 0 Å². The van der Waals surface area contributed by atoms with Gasteiger partial charge in [0.25, 0.3) is 0 Å². The Morgan fingerprint density at radius 3 is 2.48 bits per heavy atom. The zero-order valence-corrected chi connectivity index (χ0v) is 17.9. The number of anilines is 1. The molecular formula is C22H29N3O3S. The Balaban J connectivity index is 1.47. The first-order valence-corrected chi connectivity index (χ1v) is 11.7. The number of nitrogens with one attached hydrogen (secondary N) is 1. The molecule has 156 valence electrons. The predicted octanol–water partition coefficient (Wildman–Crippen LogP) is 3.30. The van der Waals surface area contributed by atoms with Crippen LogP contribution < -0.4 is 5.32 Å². The van der Waals surface area contributed by atoms with Gasteiger partial charge in [0, 0.05) is 37.9 Å². The van der Waals surface area contributed by atoms with Crippen molar-refractivity contribution in [2.24, 2.45) is 0 Å². The van der Waals surface area contributed by atoms with Crippen LogP contribution in [0.5, 0.6) is 5.75 Å². The molecule has 0 amide bonds. The van der Waals surface area contributed by atoms with Crippen molar-refractivity contribution in [3.63, 3.8) is 0 Å². The normalized spacial score (nSPS) is 18.7. The lowest BCUT2D eigenvalue weighted by Crippen LogP contribution is -2.38. The summed E-state index contributed by atoms with van der Waals surface area (Å²) in [5.41, 5.74) is 3.92. The van der Waals surface area contributed by atoms with Crippen molar-refractivity contribution in [1.82, 2.24) is 9.21 Å². The van der Waals surface area contributed by atoms with E-state index in [1.54, 1.807) is 6.07 Å². The molecule has 7 heteroatoms. The second kappa shape index (κ2) is 7.97. The minimum Gasteiger partial charge on any atom is -0.507 e. The molecule has 0 spiro atoms. The molecule has 2 heterocycles. The number of piperidine rings is 1.